The molecule has 1 atom stereocenters. The molecule has 2 aromatic rings. The Hall–Kier alpha value is -2.74. The Balaban J connectivity index is 1.35. The molecule has 2 amide bonds. The van der Waals surface area contributed by atoms with Crippen LogP contribution in [0.15, 0.2) is 23.0 Å². The molecule has 30 heavy (non-hydrogen) atoms. The molecule has 0 saturated carbocycles. The number of H-pyrrole nitrogens is 1. The zero-order valence-corrected chi connectivity index (χ0v) is 17.2. The van der Waals surface area contributed by atoms with Crippen LogP contribution in [-0.4, -0.2) is 65.4 Å². The van der Waals surface area contributed by atoms with Gasteiger partial charge in [-0.1, -0.05) is 6.07 Å². The maximum Gasteiger partial charge on any atom is 0.259 e. The molecule has 2 aliphatic rings. The highest BCUT2D eigenvalue weighted by Gasteiger charge is 2.30. The fourth-order valence-corrected chi connectivity index (χ4v) is 4.36. The van der Waals surface area contributed by atoms with E-state index in [-0.39, 0.29) is 29.7 Å². The summed E-state index contributed by atoms with van der Waals surface area (Å²) in [6.45, 7) is 4.86. The normalized spacial score (nSPS) is 19.5. The number of nitrogens with zero attached hydrogens (tertiary/aromatic N) is 2. The number of hydrogen-bond acceptors (Lipinski definition) is 4. The molecule has 0 bridgehead atoms. The van der Waals surface area contributed by atoms with E-state index in [2.05, 4.69) is 10.3 Å². The third-order valence-electron chi connectivity index (χ3n) is 6.14. The van der Waals surface area contributed by atoms with E-state index in [0.717, 1.165) is 24.9 Å². The first-order chi connectivity index (χ1) is 14.4. The second-order valence-corrected chi connectivity index (χ2v) is 8.13. The van der Waals surface area contributed by atoms with Gasteiger partial charge in [-0.15, -0.1) is 0 Å². The molecule has 3 heterocycles. The van der Waals surface area contributed by atoms with E-state index in [1.807, 2.05) is 11.8 Å². The quantitative estimate of drug-likeness (QED) is 0.791. The minimum atomic E-state index is -0.542. The van der Waals surface area contributed by atoms with Crippen LogP contribution in [0.1, 0.15) is 30.5 Å². The van der Waals surface area contributed by atoms with Crippen LogP contribution in [0.25, 0.3) is 10.8 Å². The van der Waals surface area contributed by atoms with Crippen LogP contribution in [0.2, 0.25) is 0 Å². The van der Waals surface area contributed by atoms with E-state index in [0.29, 0.717) is 43.7 Å². The van der Waals surface area contributed by atoms with E-state index < -0.39 is 11.4 Å². The second-order valence-electron chi connectivity index (χ2n) is 8.13. The number of fused-ring (bicyclic) bond motifs is 1. The fraction of sp³-hybridized carbons (Fsp3) is 0.500. The molecule has 160 valence electrons. The molecule has 0 unspecified atom stereocenters. The van der Waals surface area contributed by atoms with Gasteiger partial charge in [-0.25, -0.2) is 4.39 Å². The van der Waals surface area contributed by atoms with Crippen LogP contribution in [0.3, 0.4) is 0 Å². The molecule has 1 aromatic carbocycles. The van der Waals surface area contributed by atoms with E-state index in [1.165, 1.54) is 6.07 Å². The highest BCUT2D eigenvalue weighted by atomic mass is 19.1. The number of aromatic amines is 1. The summed E-state index contributed by atoms with van der Waals surface area (Å²) >= 11 is 0. The number of pyridine rings is 1. The summed E-state index contributed by atoms with van der Waals surface area (Å²) in [4.78, 5) is 43.7. The molecule has 8 heteroatoms. The van der Waals surface area contributed by atoms with Gasteiger partial charge in [-0.05, 0) is 55.8 Å². The zero-order valence-electron chi connectivity index (χ0n) is 17.2. The number of hydrogen-bond donors (Lipinski definition) is 2. The lowest BCUT2D eigenvalue weighted by Crippen LogP contribution is -2.54. The van der Waals surface area contributed by atoms with Gasteiger partial charge in [0.05, 0.1) is 11.4 Å². The van der Waals surface area contributed by atoms with Gasteiger partial charge >= 0.3 is 0 Å². The summed E-state index contributed by atoms with van der Waals surface area (Å²) < 4.78 is 14.0. The van der Waals surface area contributed by atoms with Crippen molar-refractivity contribution in [2.45, 2.75) is 38.6 Å². The average molecular weight is 414 g/mol. The number of nitrogens with one attached hydrogen (secondary N) is 2. The molecule has 2 saturated heterocycles. The fourth-order valence-electron chi connectivity index (χ4n) is 4.36. The Labute approximate surface area is 174 Å². The first-order valence-electron chi connectivity index (χ1n) is 10.5. The van der Waals surface area contributed by atoms with Crippen molar-refractivity contribution in [1.29, 1.82) is 0 Å². The predicted octanol–water partition coefficient (Wildman–Crippen LogP) is 1.33. The summed E-state index contributed by atoms with van der Waals surface area (Å²) in [5.41, 5.74) is 0.974. The SMILES string of the molecule is Cc1ccc(F)c2c(=O)[nH]c(CCC(=O)N3CCN(C(=O)[C@@H]4CCCN4)CC3)cc12. The maximum absolute atomic E-state index is 14.0. The van der Waals surface area contributed by atoms with Gasteiger partial charge in [0, 0.05) is 38.3 Å². The van der Waals surface area contributed by atoms with Gasteiger partial charge in [0.1, 0.15) is 5.82 Å². The molecule has 2 N–H and O–H groups in total. The molecule has 1 aromatic heterocycles. The highest BCUT2D eigenvalue weighted by molar-refractivity contribution is 5.86. The van der Waals surface area contributed by atoms with Crippen molar-refractivity contribution < 1.29 is 14.0 Å². The number of rotatable bonds is 4. The molecule has 0 aliphatic carbocycles. The van der Waals surface area contributed by atoms with Crippen molar-refractivity contribution in [3.8, 4) is 0 Å². The van der Waals surface area contributed by atoms with Crippen molar-refractivity contribution in [3.05, 3.63) is 45.6 Å². The summed E-state index contributed by atoms with van der Waals surface area (Å²) in [7, 11) is 0. The van der Waals surface area contributed by atoms with Crippen LogP contribution in [0, 0.1) is 12.7 Å². The van der Waals surface area contributed by atoms with E-state index in [1.54, 1.807) is 17.0 Å². The van der Waals surface area contributed by atoms with Crippen molar-refractivity contribution in [3.63, 3.8) is 0 Å². The third kappa shape index (κ3) is 4.09. The third-order valence-corrected chi connectivity index (χ3v) is 6.14. The standard InChI is InChI=1S/C22H27FN4O3/c1-14-4-6-17(23)20-16(14)13-15(25-21(20)29)5-7-19(28)26-9-11-27(12-10-26)22(30)18-3-2-8-24-18/h4,6,13,18,24H,2-3,5,7-12H2,1H3,(H,25,29)/t18-/m0/s1. The average Bonchev–Trinajstić information content (AvgIpc) is 3.29. The first-order valence-corrected chi connectivity index (χ1v) is 10.5. The number of halogens is 1. The van der Waals surface area contributed by atoms with Crippen LogP contribution >= 0.6 is 0 Å². The molecule has 2 aliphatic heterocycles. The number of aryl methyl sites for hydroxylation is 2. The molecule has 2 fully saturated rings. The summed E-state index contributed by atoms with van der Waals surface area (Å²) in [5, 5.41) is 3.86. The Morgan fingerprint density at radius 1 is 1.17 bits per heavy atom. The van der Waals surface area contributed by atoms with Gasteiger partial charge in [0.15, 0.2) is 0 Å². The van der Waals surface area contributed by atoms with Crippen molar-refractivity contribution in [2.24, 2.45) is 0 Å². The molecule has 0 spiro atoms. The minimum Gasteiger partial charge on any atom is -0.339 e. The van der Waals surface area contributed by atoms with E-state index >= 15 is 0 Å². The number of carbonyl (C=O) groups is 2. The maximum atomic E-state index is 14.0. The minimum absolute atomic E-state index is 0.00185. The highest BCUT2D eigenvalue weighted by Crippen LogP contribution is 2.19. The van der Waals surface area contributed by atoms with Gasteiger partial charge in [0.2, 0.25) is 11.8 Å². The number of piperazine rings is 1. The number of aromatic nitrogens is 1. The lowest BCUT2D eigenvalue weighted by atomic mass is 10.0. The Kier molecular flexibility index (Phi) is 5.85. The molecular formula is C22H27FN4O3. The van der Waals surface area contributed by atoms with Gasteiger partial charge in [-0.2, -0.15) is 0 Å². The number of carbonyl (C=O) groups excluding carboxylic acids is 2. The Morgan fingerprint density at radius 3 is 2.60 bits per heavy atom. The lowest BCUT2D eigenvalue weighted by molar-refractivity contribution is -0.140. The molecule has 0 radical (unpaired) electrons. The summed E-state index contributed by atoms with van der Waals surface area (Å²) in [5.74, 6) is -0.409. The molecular weight excluding hydrogens is 387 g/mol. The van der Waals surface area contributed by atoms with E-state index in [4.69, 9.17) is 0 Å². The topological polar surface area (TPSA) is 85.5 Å². The van der Waals surface area contributed by atoms with Crippen LogP contribution in [0.5, 0.6) is 0 Å². The number of amides is 2. The second kappa shape index (κ2) is 8.55. The van der Waals surface area contributed by atoms with Crippen LogP contribution in [0.4, 0.5) is 4.39 Å². The van der Waals surface area contributed by atoms with Gasteiger partial charge in [0.25, 0.3) is 5.56 Å². The van der Waals surface area contributed by atoms with Crippen molar-refractivity contribution in [1.82, 2.24) is 20.1 Å². The summed E-state index contributed by atoms with van der Waals surface area (Å²) in [6, 6.07) is 4.62. The largest absolute Gasteiger partial charge is 0.339 e. The lowest BCUT2D eigenvalue weighted by Gasteiger charge is -2.36. The van der Waals surface area contributed by atoms with Gasteiger partial charge < -0.3 is 20.1 Å². The first kappa shape index (κ1) is 20.5. The Bertz CT molecular complexity index is 1020. The zero-order chi connectivity index (χ0) is 21.3. The molecule has 4 rings (SSSR count). The predicted molar refractivity (Wildman–Crippen MR) is 112 cm³/mol. The van der Waals surface area contributed by atoms with Crippen molar-refractivity contribution >= 4 is 22.6 Å². The van der Waals surface area contributed by atoms with Crippen LogP contribution < -0.4 is 10.9 Å². The van der Waals surface area contributed by atoms with E-state index in [9.17, 15) is 18.8 Å². The molecule has 7 nitrogen and oxygen atoms in total. The van der Waals surface area contributed by atoms with Gasteiger partial charge in [-0.3, -0.25) is 14.4 Å². The summed E-state index contributed by atoms with van der Waals surface area (Å²) in [6.07, 6.45) is 2.54. The van der Waals surface area contributed by atoms with Crippen molar-refractivity contribution in [2.75, 3.05) is 32.7 Å². The van der Waals surface area contributed by atoms with Crippen LogP contribution in [-0.2, 0) is 16.0 Å². The number of benzene rings is 1. The smallest absolute Gasteiger partial charge is 0.259 e. The monoisotopic (exact) mass is 414 g/mol. The Morgan fingerprint density at radius 2 is 1.90 bits per heavy atom.